The van der Waals surface area contributed by atoms with Crippen molar-refractivity contribution < 1.29 is 19.4 Å². The molecule has 1 heterocycles. The second-order valence-corrected chi connectivity index (χ2v) is 8.51. The molecular weight excluding hydrogens is 294 g/mol. The number of hydrogen-bond acceptors (Lipinski definition) is 3. The van der Waals surface area contributed by atoms with Crippen LogP contribution in [0.25, 0.3) is 0 Å². The Morgan fingerprint density at radius 2 is 1.70 bits per heavy atom. The van der Waals surface area contributed by atoms with E-state index in [0.29, 0.717) is 26.2 Å². The van der Waals surface area contributed by atoms with Gasteiger partial charge in [0.1, 0.15) is 0 Å². The highest BCUT2D eigenvalue weighted by Crippen LogP contribution is 2.61. The molecule has 5 aliphatic rings. The second kappa shape index (κ2) is 5.76. The maximum Gasteiger partial charge on any atom is 0.305 e. The van der Waals surface area contributed by atoms with Crippen LogP contribution in [0, 0.1) is 23.2 Å². The molecule has 0 radical (unpaired) electrons. The fraction of sp³-hybridized carbons (Fsp3) is 0.889. The summed E-state index contributed by atoms with van der Waals surface area (Å²) in [5, 5.41) is 9.07. The first-order valence-electron chi connectivity index (χ1n) is 9.12. The van der Waals surface area contributed by atoms with Crippen molar-refractivity contribution in [2.24, 2.45) is 23.2 Å². The molecule has 1 saturated heterocycles. The molecule has 5 fully saturated rings. The Balaban J connectivity index is 1.45. The fourth-order valence-corrected chi connectivity index (χ4v) is 6.28. The van der Waals surface area contributed by atoms with Crippen LogP contribution >= 0.6 is 0 Å². The monoisotopic (exact) mass is 321 g/mol. The number of hydrogen-bond donors (Lipinski definition) is 1. The molecule has 1 N–H and O–H groups in total. The van der Waals surface area contributed by atoms with Gasteiger partial charge in [0, 0.05) is 13.0 Å². The highest BCUT2D eigenvalue weighted by Gasteiger charge is 2.52. The van der Waals surface area contributed by atoms with Gasteiger partial charge in [-0.15, -0.1) is 0 Å². The van der Waals surface area contributed by atoms with Crippen LogP contribution in [0.4, 0.5) is 0 Å². The minimum Gasteiger partial charge on any atom is -0.481 e. The molecule has 0 spiro atoms. The van der Waals surface area contributed by atoms with Crippen LogP contribution in [0.1, 0.15) is 51.4 Å². The van der Waals surface area contributed by atoms with Crippen LogP contribution in [0.2, 0.25) is 0 Å². The van der Waals surface area contributed by atoms with E-state index in [1.807, 2.05) is 0 Å². The van der Waals surface area contributed by atoms with Gasteiger partial charge in [0.05, 0.1) is 25.7 Å². The normalized spacial score (nSPS) is 42.0. The number of ether oxygens (including phenoxy) is 1. The highest BCUT2D eigenvalue weighted by molar-refractivity contribution is 5.78. The van der Waals surface area contributed by atoms with E-state index < -0.39 is 5.97 Å². The number of nitrogens with zero attached hydrogens (tertiary/aromatic N) is 1. The number of carboxylic acid groups (broad SMARTS) is 1. The average molecular weight is 321 g/mol. The summed E-state index contributed by atoms with van der Waals surface area (Å²) in [6.45, 7) is 1.44. The lowest BCUT2D eigenvalue weighted by atomic mass is 9.49. The van der Waals surface area contributed by atoms with E-state index in [4.69, 9.17) is 9.84 Å². The third-order valence-corrected chi connectivity index (χ3v) is 6.65. The van der Waals surface area contributed by atoms with Crippen LogP contribution < -0.4 is 0 Å². The van der Waals surface area contributed by atoms with E-state index in [2.05, 4.69) is 0 Å². The van der Waals surface area contributed by atoms with Crippen molar-refractivity contribution in [3.05, 3.63) is 0 Å². The Morgan fingerprint density at radius 3 is 2.26 bits per heavy atom. The van der Waals surface area contributed by atoms with Crippen LogP contribution in [-0.4, -0.2) is 47.7 Å². The molecule has 4 aliphatic carbocycles. The predicted molar refractivity (Wildman–Crippen MR) is 83.8 cm³/mol. The molecule has 0 aromatic rings. The Morgan fingerprint density at radius 1 is 1.09 bits per heavy atom. The molecule has 1 amide bonds. The fourth-order valence-electron chi connectivity index (χ4n) is 6.28. The van der Waals surface area contributed by atoms with Crippen LogP contribution in [0.5, 0.6) is 0 Å². The van der Waals surface area contributed by atoms with Crippen molar-refractivity contribution in [1.82, 2.24) is 4.90 Å². The van der Waals surface area contributed by atoms with Gasteiger partial charge in [-0.2, -0.15) is 0 Å². The van der Waals surface area contributed by atoms with Crippen molar-refractivity contribution in [2.45, 2.75) is 57.4 Å². The molecule has 1 atom stereocenters. The first kappa shape index (κ1) is 15.4. The molecule has 4 saturated carbocycles. The topological polar surface area (TPSA) is 66.8 Å². The maximum absolute atomic E-state index is 13.0. The average Bonchev–Trinajstić information content (AvgIpc) is 2.45. The summed E-state index contributed by atoms with van der Waals surface area (Å²) >= 11 is 0. The quantitative estimate of drug-likeness (QED) is 0.863. The van der Waals surface area contributed by atoms with E-state index in [9.17, 15) is 9.59 Å². The number of amides is 1. The molecule has 128 valence electrons. The summed E-state index contributed by atoms with van der Waals surface area (Å²) in [6, 6.07) is -0.289. The molecule has 0 unspecified atom stereocenters. The molecule has 0 aromatic carbocycles. The van der Waals surface area contributed by atoms with Gasteiger partial charge in [0.25, 0.3) is 0 Å². The third kappa shape index (κ3) is 3.00. The summed E-state index contributed by atoms with van der Waals surface area (Å²) in [5.74, 6) is 1.84. The molecule has 5 nitrogen and oxygen atoms in total. The lowest BCUT2D eigenvalue weighted by Crippen LogP contribution is -2.53. The second-order valence-electron chi connectivity index (χ2n) is 8.51. The van der Waals surface area contributed by atoms with Gasteiger partial charge in [0.15, 0.2) is 0 Å². The van der Waals surface area contributed by atoms with Crippen molar-refractivity contribution in [2.75, 3.05) is 19.8 Å². The van der Waals surface area contributed by atoms with Crippen molar-refractivity contribution in [3.63, 3.8) is 0 Å². The van der Waals surface area contributed by atoms with E-state index >= 15 is 0 Å². The summed E-state index contributed by atoms with van der Waals surface area (Å²) in [6.07, 6.45) is 8.43. The van der Waals surface area contributed by atoms with E-state index in [1.165, 1.54) is 38.5 Å². The Hall–Kier alpha value is -1.10. The molecule has 23 heavy (non-hydrogen) atoms. The minimum absolute atomic E-state index is 0.00733. The van der Waals surface area contributed by atoms with Crippen LogP contribution in [0.15, 0.2) is 0 Å². The molecule has 5 heteroatoms. The molecule has 0 aromatic heterocycles. The predicted octanol–water partition coefficient (Wildman–Crippen LogP) is 2.29. The van der Waals surface area contributed by atoms with Gasteiger partial charge in [-0.3, -0.25) is 9.59 Å². The lowest BCUT2D eigenvalue weighted by molar-refractivity contribution is -0.151. The third-order valence-electron chi connectivity index (χ3n) is 6.65. The van der Waals surface area contributed by atoms with Gasteiger partial charge in [-0.25, -0.2) is 0 Å². The number of carbonyl (C=O) groups is 2. The largest absolute Gasteiger partial charge is 0.481 e. The summed E-state index contributed by atoms with van der Waals surface area (Å²) < 4.78 is 5.40. The first-order valence-corrected chi connectivity index (χ1v) is 9.12. The number of aliphatic carboxylic acids is 1. The van der Waals surface area contributed by atoms with E-state index in [0.717, 1.165) is 17.8 Å². The number of carbonyl (C=O) groups excluding carboxylic acids is 1. The molecule has 1 aliphatic heterocycles. The lowest BCUT2D eigenvalue weighted by Gasteiger charge is -2.57. The number of carboxylic acids is 1. The van der Waals surface area contributed by atoms with Crippen LogP contribution in [-0.2, 0) is 14.3 Å². The zero-order valence-electron chi connectivity index (χ0n) is 13.7. The smallest absolute Gasteiger partial charge is 0.305 e. The van der Waals surface area contributed by atoms with Crippen molar-refractivity contribution in [3.8, 4) is 0 Å². The van der Waals surface area contributed by atoms with E-state index in [-0.39, 0.29) is 23.8 Å². The maximum atomic E-state index is 13.0. The molecule has 5 rings (SSSR count). The van der Waals surface area contributed by atoms with Gasteiger partial charge in [0.2, 0.25) is 5.91 Å². The summed E-state index contributed by atoms with van der Waals surface area (Å²) in [7, 11) is 0. The van der Waals surface area contributed by atoms with Gasteiger partial charge < -0.3 is 14.7 Å². The minimum atomic E-state index is -0.854. The Labute approximate surface area is 137 Å². The molecule has 4 bridgehead atoms. The summed E-state index contributed by atoms with van der Waals surface area (Å²) in [5.41, 5.74) is 0.220. The number of morpholine rings is 1. The van der Waals surface area contributed by atoms with Gasteiger partial charge >= 0.3 is 5.97 Å². The first-order chi connectivity index (χ1) is 11.0. The Kier molecular flexibility index (Phi) is 3.87. The Bertz CT molecular complexity index is 468. The van der Waals surface area contributed by atoms with Crippen molar-refractivity contribution >= 4 is 11.9 Å². The standard InChI is InChI=1S/C18H27NO4/c20-16(19-1-2-23-11-15(19)6-17(21)22)10-18-7-12-3-13(8-18)5-14(4-12)9-18/h12-15H,1-11H2,(H,21,22)/t12?,13?,14?,15-,18?/m0/s1. The summed E-state index contributed by atoms with van der Waals surface area (Å²) in [4.78, 5) is 25.8. The van der Waals surface area contributed by atoms with E-state index in [1.54, 1.807) is 4.90 Å². The SMILES string of the molecule is O=C(O)C[C@H]1COCCN1C(=O)CC12CC3CC(CC(C3)C1)C2. The number of rotatable bonds is 4. The van der Waals surface area contributed by atoms with Gasteiger partial charge in [-0.05, 0) is 61.7 Å². The zero-order chi connectivity index (χ0) is 16.0. The van der Waals surface area contributed by atoms with Gasteiger partial charge in [-0.1, -0.05) is 0 Å². The highest BCUT2D eigenvalue weighted by atomic mass is 16.5. The zero-order valence-corrected chi connectivity index (χ0v) is 13.7. The van der Waals surface area contributed by atoms with Crippen LogP contribution in [0.3, 0.4) is 0 Å². The van der Waals surface area contributed by atoms with Crippen molar-refractivity contribution in [1.29, 1.82) is 0 Å². The molecular formula is C18H27NO4.